The Morgan fingerprint density at radius 3 is 2.70 bits per heavy atom. The molecule has 1 aromatic carbocycles. The number of guanidine groups is 1. The van der Waals surface area contributed by atoms with Crippen LogP contribution in [-0.4, -0.2) is 30.5 Å². The number of esters is 1. The Labute approximate surface area is 140 Å². The van der Waals surface area contributed by atoms with Gasteiger partial charge >= 0.3 is 5.97 Å². The zero-order chi connectivity index (χ0) is 17.0. The fraction of sp³-hybridized carbons (Fsp3) is 0.312. The van der Waals surface area contributed by atoms with Crippen molar-refractivity contribution in [1.82, 2.24) is 10.2 Å². The van der Waals surface area contributed by atoms with Crippen LogP contribution in [-0.2, 0) is 9.53 Å². The van der Waals surface area contributed by atoms with Gasteiger partial charge in [-0.25, -0.2) is 9.79 Å². The average Bonchev–Trinajstić information content (AvgIpc) is 2.51. The number of aliphatic imine (C=N–C) groups is 1. The van der Waals surface area contributed by atoms with Crippen LogP contribution in [0, 0.1) is 11.5 Å². The molecule has 1 aliphatic heterocycles. The van der Waals surface area contributed by atoms with E-state index >= 15 is 0 Å². The summed E-state index contributed by atoms with van der Waals surface area (Å²) >= 11 is 5.95. The SMILES string of the molecule is CCOC(=O)C1=C(C)N=C(NC#N)N(C)[C@@H]1c1ccc(Cl)cc1. The Kier molecular flexibility index (Phi) is 5.24. The van der Waals surface area contributed by atoms with Crippen molar-refractivity contribution in [3.05, 3.63) is 46.1 Å². The molecule has 1 atom stereocenters. The second kappa shape index (κ2) is 7.16. The standard InChI is InChI=1S/C16H17ClN4O2/c1-4-23-15(22)13-10(2)20-16(19-9-18)21(3)14(13)11-5-7-12(17)8-6-11/h5-8,14H,4H2,1-3H3,(H,19,20)/t14-/m1/s1. The lowest BCUT2D eigenvalue weighted by Crippen LogP contribution is -2.43. The molecule has 0 saturated carbocycles. The van der Waals surface area contributed by atoms with Gasteiger partial charge in [0, 0.05) is 12.1 Å². The van der Waals surface area contributed by atoms with Crippen molar-refractivity contribution >= 4 is 23.5 Å². The monoisotopic (exact) mass is 332 g/mol. The number of nitrogens with zero attached hydrogens (tertiary/aromatic N) is 3. The summed E-state index contributed by atoms with van der Waals surface area (Å²) < 4.78 is 5.17. The van der Waals surface area contributed by atoms with Crippen LogP contribution in [0.4, 0.5) is 0 Å². The minimum absolute atomic E-state index is 0.277. The predicted octanol–water partition coefficient (Wildman–Crippen LogP) is 2.59. The van der Waals surface area contributed by atoms with Gasteiger partial charge in [-0.05, 0) is 31.5 Å². The molecule has 23 heavy (non-hydrogen) atoms. The summed E-state index contributed by atoms with van der Waals surface area (Å²) in [5.41, 5.74) is 1.81. The molecular weight excluding hydrogens is 316 g/mol. The summed E-state index contributed by atoms with van der Waals surface area (Å²) in [7, 11) is 1.76. The van der Waals surface area contributed by atoms with Crippen LogP contribution in [0.25, 0.3) is 0 Å². The first-order valence-corrected chi connectivity index (χ1v) is 7.47. The van der Waals surface area contributed by atoms with Gasteiger partial charge in [-0.3, -0.25) is 5.32 Å². The number of ether oxygens (including phenoxy) is 1. The molecule has 0 saturated heterocycles. The molecule has 0 radical (unpaired) electrons. The Balaban J connectivity index is 2.54. The van der Waals surface area contributed by atoms with Crippen LogP contribution >= 0.6 is 11.6 Å². The van der Waals surface area contributed by atoms with E-state index in [-0.39, 0.29) is 6.61 Å². The number of carbonyl (C=O) groups excluding carboxylic acids is 1. The van der Waals surface area contributed by atoms with Crippen LogP contribution < -0.4 is 5.32 Å². The molecule has 6 nitrogen and oxygen atoms in total. The number of likely N-dealkylation sites (N-methyl/N-ethyl adjacent to an activating group) is 1. The van der Waals surface area contributed by atoms with E-state index in [2.05, 4.69) is 10.3 Å². The lowest BCUT2D eigenvalue weighted by molar-refractivity contribution is -0.139. The van der Waals surface area contributed by atoms with E-state index in [1.165, 1.54) is 0 Å². The molecule has 7 heteroatoms. The quantitative estimate of drug-likeness (QED) is 0.523. The van der Waals surface area contributed by atoms with Gasteiger partial charge in [-0.2, -0.15) is 5.26 Å². The third kappa shape index (κ3) is 3.46. The number of nitrogens with one attached hydrogen (secondary N) is 1. The van der Waals surface area contributed by atoms with Crippen molar-refractivity contribution in [3.8, 4) is 6.19 Å². The molecule has 0 aromatic heterocycles. The minimum atomic E-state index is -0.420. The van der Waals surface area contributed by atoms with E-state index in [1.807, 2.05) is 18.3 Å². The second-order valence-electron chi connectivity index (χ2n) is 4.96. The Bertz CT molecular complexity index is 704. The summed E-state index contributed by atoms with van der Waals surface area (Å²) in [4.78, 5) is 18.4. The molecule has 0 aliphatic carbocycles. The number of hydrogen-bond donors (Lipinski definition) is 1. The zero-order valence-electron chi connectivity index (χ0n) is 13.1. The van der Waals surface area contributed by atoms with Crippen molar-refractivity contribution < 1.29 is 9.53 Å². The lowest BCUT2D eigenvalue weighted by atomic mass is 9.95. The van der Waals surface area contributed by atoms with Crippen molar-refractivity contribution in [1.29, 1.82) is 5.26 Å². The third-order valence-corrected chi connectivity index (χ3v) is 3.76. The maximum absolute atomic E-state index is 12.4. The van der Waals surface area contributed by atoms with E-state index in [9.17, 15) is 4.79 Å². The van der Waals surface area contributed by atoms with Gasteiger partial charge in [0.1, 0.15) is 0 Å². The Morgan fingerprint density at radius 2 is 2.13 bits per heavy atom. The fourth-order valence-corrected chi connectivity index (χ4v) is 2.61. The molecule has 1 aromatic rings. The number of allylic oxidation sites excluding steroid dienone is 1. The predicted molar refractivity (Wildman–Crippen MR) is 87.5 cm³/mol. The molecule has 1 aliphatic rings. The topological polar surface area (TPSA) is 77.7 Å². The van der Waals surface area contributed by atoms with Crippen LogP contribution in [0.15, 0.2) is 40.5 Å². The van der Waals surface area contributed by atoms with Crippen LogP contribution in [0.5, 0.6) is 0 Å². The summed E-state index contributed by atoms with van der Waals surface area (Å²) in [6.45, 7) is 3.75. The highest BCUT2D eigenvalue weighted by Crippen LogP contribution is 2.34. The van der Waals surface area contributed by atoms with Crippen molar-refractivity contribution in [3.63, 3.8) is 0 Å². The van der Waals surface area contributed by atoms with E-state index in [0.717, 1.165) is 5.56 Å². The average molecular weight is 333 g/mol. The van der Waals surface area contributed by atoms with Crippen LogP contribution in [0.2, 0.25) is 5.02 Å². The summed E-state index contributed by atoms with van der Waals surface area (Å²) in [6.07, 6.45) is 1.86. The largest absolute Gasteiger partial charge is 0.463 e. The summed E-state index contributed by atoms with van der Waals surface area (Å²) in [5, 5.41) is 12.0. The zero-order valence-corrected chi connectivity index (χ0v) is 13.9. The Morgan fingerprint density at radius 1 is 1.48 bits per heavy atom. The first-order valence-electron chi connectivity index (χ1n) is 7.09. The highest BCUT2D eigenvalue weighted by molar-refractivity contribution is 6.30. The molecule has 0 spiro atoms. The second-order valence-corrected chi connectivity index (χ2v) is 5.39. The number of nitriles is 1. The lowest BCUT2D eigenvalue weighted by Gasteiger charge is -2.35. The van der Waals surface area contributed by atoms with Gasteiger partial charge in [-0.15, -0.1) is 0 Å². The molecular formula is C16H17ClN4O2. The molecule has 0 amide bonds. The van der Waals surface area contributed by atoms with E-state index in [4.69, 9.17) is 21.6 Å². The van der Waals surface area contributed by atoms with Gasteiger partial charge < -0.3 is 9.64 Å². The van der Waals surface area contributed by atoms with E-state index in [0.29, 0.717) is 22.3 Å². The van der Waals surface area contributed by atoms with Gasteiger partial charge in [0.05, 0.1) is 23.9 Å². The highest BCUT2D eigenvalue weighted by atomic mass is 35.5. The molecule has 0 fully saturated rings. The molecule has 2 rings (SSSR count). The van der Waals surface area contributed by atoms with Gasteiger partial charge in [0.25, 0.3) is 0 Å². The highest BCUT2D eigenvalue weighted by Gasteiger charge is 2.34. The first kappa shape index (κ1) is 16.8. The van der Waals surface area contributed by atoms with Crippen molar-refractivity contribution in [2.45, 2.75) is 19.9 Å². The number of rotatable bonds is 3. The number of benzene rings is 1. The van der Waals surface area contributed by atoms with Crippen LogP contribution in [0.3, 0.4) is 0 Å². The first-order chi connectivity index (χ1) is 11.0. The maximum Gasteiger partial charge on any atom is 0.338 e. The normalized spacial score (nSPS) is 17.4. The summed E-state index contributed by atoms with van der Waals surface area (Å²) in [5.74, 6) is -0.0467. The van der Waals surface area contributed by atoms with Crippen molar-refractivity contribution in [2.75, 3.05) is 13.7 Å². The molecule has 1 N–H and O–H groups in total. The fourth-order valence-electron chi connectivity index (χ4n) is 2.48. The number of carbonyl (C=O) groups is 1. The molecule has 120 valence electrons. The molecule has 0 unspecified atom stereocenters. The van der Waals surface area contributed by atoms with Gasteiger partial charge in [0.2, 0.25) is 5.96 Å². The summed E-state index contributed by atoms with van der Waals surface area (Å²) in [6, 6.07) is 6.77. The maximum atomic E-state index is 12.4. The number of hydrogen-bond acceptors (Lipinski definition) is 6. The number of halogens is 1. The molecule has 0 bridgehead atoms. The smallest absolute Gasteiger partial charge is 0.338 e. The Hall–Kier alpha value is -2.52. The van der Waals surface area contributed by atoms with E-state index in [1.54, 1.807) is 37.9 Å². The third-order valence-electron chi connectivity index (χ3n) is 3.51. The van der Waals surface area contributed by atoms with Crippen LogP contribution in [0.1, 0.15) is 25.5 Å². The van der Waals surface area contributed by atoms with Crippen molar-refractivity contribution in [2.24, 2.45) is 4.99 Å². The minimum Gasteiger partial charge on any atom is -0.463 e. The van der Waals surface area contributed by atoms with Gasteiger partial charge in [-0.1, -0.05) is 23.7 Å². The molecule has 1 heterocycles. The van der Waals surface area contributed by atoms with Gasteiger partial charge in [0.15, 0.2) is 6.19 Å². The van der Waals surface area contributed by atoms with E-state index < -0.39 is 12.0 Å².